The molecule has 5 heteroatoms. The summed E-state index contributed by atoms with van der Waals surface area (Å²) < 4.78 is 9.83. The van der Waals surface area contributed by atoms with E-state index in [0.717, 1.165) is 12.5 Å². The predicted octanol–water partition coefficient (Wildman–Crippen LogP) is 2.98. The van der Waals surface area contributed by atoms with Gasteiger partial charge in [-0.1, -0.05) is 48.0 Å². The molecule has 0 aromatic heterocycles. The summed E-state index contributed by atoms with van der Waals surface area (Å²) >= 11 is 0. The number of benzene rings is 2. The second kappa shape index (κ2) is 7.35. The molecule has 0 aliphatic heterocycles. The minimum Gasteiger partial charge on any atom is -0.442 e. The van der Waals surface area contributed by atoms with Crippen LogP contribution in [0.3, 0.4) is 0 Å². The first-order valence-electron chi connectivity index (χ1n) is 7.02. The molecule has 0 spiro atoms. The number of rotatable bonds is 4. The largest absolute Gasteiger partial charge is 0.442 e. The Bertz CT molecular complexity index is 704. The van der Waals surface area contributed by atoms with E-state index in [4.69, 9.17) is 4.74 Å². The first-order chi connectivity index (χ1) is 11.0. The smallest absolute Gasteiger partial charge is 0.359 e. The lowest BCUT2D eigenvalue weighted by molar-refractivity contribution is -0.165. The summed E-state index contributed by atoms with van der Waals surface area (Å²) in [6.45, 7) is 3.01. The number of esters is 3. The highest BCUT2D eigenvalue weighted by molar-refractivity contribution is 5.93. The van der Waals surface area contributed by atoms with Gasteiger partial charge in [-0.2, -0.15) is 0 Å². The van der Waals surface area contributed by atoms with Crippen LogP contribution in [0.15, 0.2) is 54.6 Å². The summed E-state index contributed by atoms with van der Waals surface area (Å²) in [6.07, 6.45) is -1.30. The van der Waals surface area contributed by atoms with Crippen molar-refractivity contribution in [1.29, 1.82) is 0 Å². The van der Waals surface area contributed by atoms with Gasteiger partial charge in [0.25, 0.3) is 0 Å². The van der Waals surface area contributed by atoms with Crippen LogP contribution in [0.1, 0.15) is 34.5 Å². The maximum absolute atomic E-state index is 12.2. The van der Waals surface area contributed by atoms with E-state index in [0.29, 0.717) is 11.1 Å². The Labute approximate surface area is 133 Å². The molecule has 1 unspecified atom stereocenters. The summed E-state index contributed by atoms with van der Waals surface area (Å²) in [5.41, 5.74) is 1.74. The monoisotopic (exact) mass is 312 g/mol. The summed E-state index contributed by atoms with van der Waals surface area (Å²) in [5, 5.41) is 0. The minimum atomic E-state index is -1.30. The molecular formula is C18H16O5. The van der Waals surface area contributed by atoms with Crippen molar-refractivity contribution in [3.8, 4) is 0 Å². The zero-order valence-electron chi connectivity index (χ0n) is 12.8. The van der Waals surface area contributed by atoms with Gasteiger partial charge in [0.15, 0.2) is 0 Å². The van der Waals surface area contributed by atoms with Crippen molar-refractivity contribution in [1.82, 2.24) is 0 Å². The Morgan fingerprint density at radius 2 is 1.52 bits per heavy atom. The van der Waals surface area contributed by atoms with Gasteiger partial charge in [0.1, 0.15) is 0 Å². The topological polar surface area (TPSA) is 69.7 Å². The number of carbonyl (C=O) groups excluding carboxylic acids is 3. The van der Waals surface area contributed by atoms with Gasteiger partial charge in [0, 0.05) is 12.5 Å². The second-order valence-electron chi connectivity index (χ2n) is 4.97. The molecule has 0 radical (unpaired) electrons. The molecular weight excluding hydrogens is 296 g/mol. The van der Waals surface area contributed by atoms with Crippen molar-refractivity contribution in [2.45, 2.75) is 20.0 Å². The Hall–Kier alpha value is -2.95. The molecule has 0 saturated heterocycles. The van der Waals surface area contributed by atoms with Crippen LogP contribution in [-0.2, 0) is 19.1 Å². The molecule has 23 heavy (non-hydrogen) atoms. The maximum Gasteiger partial charge on any atom is 0.359 e. The van der Waals surface area contributed by atoms with E-state index in [-0.39, 0.29) is 0 Å². The van der Waals surface area contributed by atoms with Crippen LogP contribution in [0.4, 0.5) is 0 Å². The third-order valence-corrected chi connectivity index (χ3v) is 3.07. The molecule has 0 N–H and O–H groups in total. The molecule has 2 rings (SSSR count). The van der Waals surface area contributed by atoms with Crippen LogP contribution >= 0.6 is 0 Å². The van der Waals surface area contributed by atoms with Gasteiger partial charge in [0.2, 0.25) is 6.10 Å². The van der Waals surface area contributed by atoms with E-state index in [2.05, 4.69) is 4.74 Å². The number of hydrogen-bond donors (Lipinski definition) is 0. The summed E-state index contributed by atoms with van der Waals surface area (Å²) in [6, 6.07) is 15.1. The molecule has 0 aliphatic rings. The molecule has 0 amide bonds. The molecule has 0 fully saturated rings. The Balaban J connectivity index is 2.23. The van der Waals surface area contributed by atoms with Gasteiger partial charge in [-0.3, -0.25) is 4.79 Å². The lowest BCUT2D eigenvalue weighted by Gasteiger charge is -2.16. The fourth-order valence-electron chi connectivity index (χ4n) is 1.94. The van der Waals surface area contributed by atoms with Crippen LogP contribution in [0.5, 0.6) is 0 Å². The summed E-state index contributed by atoms with van der Waals surface area (Å²) in [5.74, 6) is -2.36. The minimum absolute atomic E-state index is 0.312. The van der Waals surface area contributed by atoms with Gasteiger partial charge in [-0.25, -0.2) is 9.59 Å². The third kappa shape index (κ3) is 4.51. The molecule has 0 aliphatic carbocycles. The average molecular weight is 312 g/mol. The van der Waals surface area contributed by atoms with E-state index in [1.165, 1.54) is 0 Å². The van der Waals surface area contributed by atoms with Crippen LogP contribution in [0.2, 0.25) is 0 Å². The number of hydrogen-bond acceptors (Lipinski definition) is 5. The zero-order chi connectivity index (χ0) is 16.8. The maximum atomic E-state index is 12.2. The number of aryl methyl sites for hydroxylation is 1. The molecule has 0 bridgehead atoms. The Morgan fingerprint density at radius 3 is 2.09 bits per heavy atom. The standard InChI is InChI=1S/C18H16O5/c1-12-8-10-15(11-9-12)17(20)23-16(18(21)22-13(2)19)14-6-4-3-5-7-14/h3-11,16H,1-2H3. The SMILES string of the molecule is CC(=O)OC(=O)C(OC(=O)c1ccc(C)cc1)c1ccccc1. The van der Waals surface area contributed by atoms with Gasteiger partial charge < -0.3 is 9.47 Å². The van der Waals surface area contributed by atoms with E-state index < -0.39 is 24.0 Å². The summed E-state index contributed by atoms with van der Waals surface area (Å²) in [4.78, 5) is 35.3. The van der Waals surface area contributed by atoms with Crippen molar-refractivity contribution < 1.29 is 23.9 Å². The Kier molecular flexibility index (Phi) is 5.25. The zero-order valence-corrected chi connectivity index (χ0v) is 12.8. The van der Waals surface area contributed by atoms with Crippen molar-refractivity contribution in [2.75, 3.05) is 0 Å². The predicted molar refractivity (Wildman–Crippen MR) is 82.6 cm³/mol. The lowest BCUT2D eigenvalue weighted by atomic mass is 10.1. The van der Waals surface area contributed by atoms with Crippen LogP contribution in [-0.4, -0.2) is 17.9 Å². The van der Waals surface area contributed by atoms with E-state index >= 15 is 0 Å². The van der Waals surface area contributed by atoms with Crippen LogP contribution < -0.4 is 0 Å². The molecule has 2 aromatic carbocycles. The van der Waals surface area contributed by atoms with Crippen molar-refractivity contribution in [3.05, 3.63) is 71.3 Å². The second-order valence-corrected chi connectivity index (χ2v) is 4.97. The lowest BCUT2D eigenvalue weighted by Crippen LogP contribution is -2.23. The van der Waals surface area contributed by atoms with Crippen molar-refractivity contribution in [3.63, 3.8) is 0 Å². The van der Waals surface area contributed by atoms with Gasteiger partial charge >= 0.3 is 17.9 Å². The van der Waals surface area contributed by atoms with Crippen molar-refractivity contribution in [2.24, 2.45) is 0 Å². The average Bonchev–Trinajstić information content (AvgIpc) is 2.53. The Morgan fingerprint density at radius 1 is 0.913 bits per heavy atom. The van der Waals surface area contributed by atoms with Gasteiger partial charge in [0.05, 0.1) is 5.56 Å². The highest BCUT2D eigenvalue weighted by Gasteiger charge is 2.28. The number of ether oxygens (including phenoxy) is 2. The fraction of sp³-hybridized carbons (Fsp3) is 0.167. The fourth-order valence-corrected chi connectivity index (χ4v) is 1.94. The third-order valence-electron chi connectivity index (χ3n) is 3.07. The normalized spacial score (nSPS) is 11.4. The molecule has 5 nitrogen and oxygen atoms in total. The van der Waals surface area contributed by atoms with E-state index in [1.807, 2.05) is 6.92 Å². The molecule has 0 heterocycles. The van der Waals surface area contributed by atoms with Gasteiger partial charge in [-0.15, -0.1) is 0 Å². The summed E-state index contributed by atoms with van der Waals surface area (Å²) in [7, 11) is 0. The molecule has 0 saturated carbocycles. The van der Waals surface area contributed by atoms with Gasteiger partial charge in [-0.05, 0) is 19.1 Å². The van der Waals surface area contributed by atoms with Crippen molar-refractivity contribution >= 4 is 17.9 Å². The highest BCUT2D eigenvalue weighted by Crippen LogP contribution is 2.21. The molecule has 118 valence electrons. The molecule has 1 atom stereocenters. The highest BCUT2D eigenvalue weighted by atomic mass is 16.6. The van der Waals surface area contributed by atoms with E-state index in [1.54, 1.807) is 54.6 Å². The first kappa shape index (κ1) is 16.4. The van der Waals surface area contributed by atoms with E-state index in [9.17, 15) is 14.4 Å². The van der Waals surface area contributed by atoms with Crippen LogP contribution in [0, 0.1) is 6.92 Å². The number of carbonyl (C=O) groups is 3. The first-order valence-corrected chi connectivity index (χ1v) is 7.02. The molecule has 2 aromatic rings. The quantitative estimate of drug-likeness (QED) is 0.641. The van der Waals surface area contributed by atoms with Crippen LogP contribution in [0.25, 0.3) is 0 Å².